The first kappa shape index (κ1) is 13.1. The number of carbonyl (C=O) groups is 1. The molecule has 2 aromatic rings. The van der Waals surface area contributed by atoms with Gasteiger partial charge in [0.2, 0.25) is 0 Å². The van der Waals surface area contributed by atoms with E-state index < -0.39 is 5.82 Å². The van der Waals surface area contributed by atoms with E-state index in [1.165, 1.54) is 18.2 Å². The summed E-state index contributed by atoms with van der Waals surface area (Å²) in [5, 5.41) is 0.326. The van der Waals surface area contributed by atoms with Crippen LogP contribution in [0.25, 0.3) is 0 Å². The van der Waals surface area contributed by atoms with Crippen LogP contribution >= 0.6 is 23.2 Å². The summed E-state index contributed by atoms with van der Waals surface area (Å²) < 4.78 is 13.3. The molecule has 0 unspecified atom stereocenters. The molecule has 0 N–H and O–H groups in total. The molecule has 92 valence electrons. The molecule has 0 saturated heterocycles. The van der Waals surface area contributed by atoms with Gasteiger partial charge in [-0.3, -0.25) is 4.79 Å². The van der Waals surface area contributed by atoms with Crippen LogP contribution < -0.4 is 0 Å². The van der Waals surface area contributed by atoms with E-state index in [1.807, 2.05) is 6.92 Å². The lowest BCUT2D eigenvalue weighted by molar-refractivity contribution is 0.103. The van der Waals surface area contributed by atoms with Crippen molar-refractivity contribution in [3.63, 3.8) is 0 Å². The molecule has 0 aromatic heterocycles. The molecule has 0 heterocycles. The monoisotopic (exact) mass is 282 g/mol. The molecule has 0 spiro atoms. The van der Waals surface area contributed by atoms with E-state index in [9.17, 15) is 9.18 Å². The summed E-state index contributed by atoms with van der Waals surface area (Å²) in [7, 11) is 0. The van der Waals surface area contributed by atoms with Gasteiger partial charge in [0.25, 0.3) is 0 Å². The van der Waals surface area contributed by atoms with Crippen molar-refractivity contribution >= 4 is 29.0 Å². The molecule has 2 aromatic carbocycles. The van der Waals surface area contributed by atoms with Crippen molar-refractivity contribution in [2.24, 2.45) is 0 Å². The molecule has 4 heteroatoms. The Morgan fingerprint density at radius 1 is 1.17 bits per heavy atom. The molecule has 0 aliphatic heterocycles. The molecule has 0 amide bonds. The maximum absolute atomic E-state index is 13.3. The van der Waals surface area contributed by atoms with E-state index in [1.54, 1.807) is 18.2 Å². The predicted molar refractivity (Wildman–Crippen MR) is 71.0 cm³/mol. The fraction of sp³-hybridized carbons (Fsp3) is 0.0714. The van der Waals surface area contributed by atoms with Gasteiger partial charge in [0.1, 0.15) is 5.82 Å². The summed E-state index contributed by atoms with van der Waals surface area (Å²) in [5.74, 6) is -0.956. The molecule has 18 heavy (non-hydrogen) atoms. The molecule has 0 fully saturated rings. The Hall–Kier alpha value is -1.38. The standard InChI is InChI=1S/C14H9Cl2FO/c1-8-5-6-9(7-11(8)15)14(18)10-3-2-4-12(17)13(10)16/h2-7H,1H3. The maximum atomic E-state index is 13.3. The number of rotatable bonds is 2. The second kappa shape index (κ2) is 5.09. The van der Waals surface area contributed by atoms with Gasteiger partial charge in [0, 0.05) is 16.1 Å². The van der Waals surface area contributed by atoms with Crippen molar-refractivity contribution in [1.82, 2.24) is 0 Å². The Bertz CT molecular complexity index is 623. The normalized spacial score (nSPS) is 10.4. The zero-order valence-corrected chi connectivity index (χ0v) is 11.0. The molecular formula is C14H9Cl2FO. The summed E-state index contributed by atoms with van der Waals surface area (Å²) in [5.41, 5.74) is 1.40. The number of aryl methyl sites for hydroxylation is 1. The van der Waals surface area contributed by atoms with Crippen LogP contribution in [0.2, 0.25) is 10.0 Å². The minimum absolute atomic E-state index is 0.136. The highest BCUT2D eigenvalue weighted by molar-refractivity contribution is 6.35. The molecule has 1 nitrogen and oxygen atoms in total. The minimum atomic E-state index is -0.610. The highest BCUT2D eigenvalue weighted by Gasteiger charge is 2.15. The number of benzene rings is 2. The third kappa shape index (κ3) is 2.40. The summed E-state index contributed by atoms with van der Waals surface area (Å²) in [6.07, 6.45) is 0. The van der Waals surface area contributed by atoms with Crippen LogP contribution in [-0.4, -0.2) is 5.78 Å². The van der Waals surface area contributed by atoms with Crippen molar-refractivity contribution in [3.8, 4) is 0 Å². The first-order valence-corrected chi connectivity index (χ1v) is 6.01. The van der Waals surface area contributed by atoms with E-state index in [0.29, 0.717) is 10.6 Å². The summed E-state index contributed by atoms with van der Waals surface area (Å²) >= 11 is 11.7. The lowest BCUT2D eigenvalue weighted by Crippen LogP contribution is -2.03. The third-order valence-electron chi connectivity index (χ3n) is 2.63. The van der Waals surface area contributed by atoms with Crippen molar-refractivity contribution in [2.75, 3.05) is 0 Å². The molecule has 0 aliphatic rings. The third-order valence-corrected chi connectivity index (χ3v) is 3.42. The average Bonchev–Trinajstić information content (AvgIpc) is 2.35. The van der Waals surface area contributed by atoms with E-state index in [2.05, 4.69) is 0 Å². The molecule has 0 atom stereocenters. The summed E-state index contributed by atoms with van der Waals surface area (Å²) in [6, 6.07) is 9.08. The lowest BCUT2D eigenvalue weighted by atomic mass is 10.0. The second-order valence-corrected chi connectivity index (χ2v) is 4.68. The van der Waals surface area contributed by atoms with Crippen LogP contribution in [0.4, 0.5) is 4.39 Å². The van der Waals surface area contributed by atoms with Crippen LogP contribution in [0.15, 0.2) is 36.4 Å². The zero-order chi connectivity index (χ0) is 13.3. The Kier molecular flexibility index (Phi) is 3.69. The summed E-state index contributed by atoms with van der Waals surface area (Å²) in [4.78, 5) is 12.2. The fourth-order valence-electron chi connectivity index (χ4n) is 1.57. The fourth-order valence-corrected chi connectivity index (χ4v) is 1.96. The molecular weight excluding hydrogens is 274 g/mol. The van der Waals surface area contributed by atoms with E-state index in [-0.39, 0.29) is 16.4 Å². The zero-order valence-electron chi connectivity index (χ0n) is 9.51. The first-order chi connectivity index (χ1) is 8.50. The maximum Gasteiger partial charge on any atom is 0.194 e. The molecule has 0 bridgehead atoms. The van der Waals surface area contributed by atoms with Crippen LogP contribution in [0.3, 0.4) is 0 Å². The van der Waals surface area contributed by atoms with Gasteiger partial charge in [0.05, 0.1) is 5.02 Å². The average molecular weight is 283 g/mol. The van der Waals surface area contributed by atoms with Gasteiger partial charge in [-0.1, -0.05) is 41.4 Å². The smallest absolute Gasteiger partial charge is 0.194 e. The van der Waals surface area contributed by atoms with Crippen molar-refractivity contribution < 1.29 is 9.18 Å². The van der Waals surface area contributed by atoms with E-state index in [0.717, 1.165) is 5.56 Å². The quantitative estimate of drug-likeness (QED) is 0.732. The van der Waals surface area contributed by atoms with Crippen LogP contribution in [0.1, 0.15) is 21.5 Å². The highest BCUT2D eigenvalue weighted by Crippen LogP contribution is 2.24. The second-order valence-electron chi connectivity index (χ2n) is 3.89. The summed E-state index contributed by atoms with van der Waals surface area (Å²) in [6.45, 7) is 1.84. The molecule has 0 aliphatic carbocycles. The van der Waals surface area contributed by atoms with Gasteiger partial charge in [-0.15, -0.1) is 0 Å². The van der Waals surface area contributed by atoms with Gasteiger partial charge in [0.15, 0.2) is 5.78 Å². The van der Waals surface area contributed by atoms with E-state index >= 15 is 0 Å². The van der Waals surface area contributed by atoms with Gasteiger partial charge in [-0.05, 0) is 30.7 Å². The van der Waals surface area contributed by atoms with Gasteiger partial charge >= 0.3 is 0 Å². The Morgan fingerprint density at radius 3 is 2.56 bits per heavy atom. The number of hydrogen-bond acceptors (Lipinski definition) is 1. The largest absolute Gasteiger partial charge is 0.289 e. The van der Waals surface area contributed by atoms with Gasteiger partial charge in [-0.2, -0.15) is 0 Å². The van der Waals surface area contributed by atoms with Crippen molar-refractivity contribution in [2.45, 2.75) is 6.92 Å². The highest BCUT2D eigenvalue weighted by atomic mass is 35.5. The lowest BCUT2D eigenvalue weighted by Gasteiger charge is -2.06. The molecule has 2 rings (SSSR count). The Morgan fingerprint density at radius 2 is 1.89 bits per heavy atom. The van der Waals surface area contributed by atoms with Crippen molar-refractivity contribution in [1.29, 1.82) is 0 Å². The Balaban J connectivity index is 2.48. The van der Waals surface area contributed by atoms with Crippen LogP contribution in [-0.2, 0) is 0 Å². The Labute approximate surface area is 114 Å². The number of ketones is 1. The molecule has 0 radical (unpaired) electrons. The number of halogens is 3. The first-order valence-electron chi connectivity index (χ1n) is 5.25. The van der Waals surface area contributed by atoms with Gasteiger partial charge < -0.3 is 0 Å². The number of hydrogen-bond donors (Lipinski definition) is 0. The minimum Gasteiger partial charge on any atom is -0.289 e. The van der Waals surface area contributed by atoms with Gasteiger partial charge in [-0.25, -0.2) is 4.39 Å². The topological polar surface area (TPSA) is 17.1 Å². The molecule has 0 saturated carbocycles. The van der Waals surface area contributed by atoms with E-state index in [4.69, 9.17) is 23.2 Å². The predicted octanol–water partition coefficient (Wildman–Crippen LogP) is 4.67. The van der Waals surface area contributed by atoms with Crippen LogP contribution in [0.5, 0.6) is 0 Å². The number of carbonyl (C=O) groups excluding carboxylic acids is 1. The van der Waals surface area contributed by atoms with Crippen molar-refractivity contribution in [3.05, 3.63) is 69.0 Å². The SMILES string of the molecule is Cc1ccc(C(=O)c2cccc(F)c2Cl)cc1Cl. The van der Waals surface area contributed by atoms with Crippen LogP contribution in [0, 0.1) is 12.7 Å².